The Morgan fingerprint density at radius 3 is 2.27 bits per heavy atom. The normalized spacial score (nSPS) is 15.6. The van der Waals surface area contributed by atoms with E-state index in [-0.39, 0.29) is 10.8 Å². The summed E-state index contributed by atoms with van der Waals surface area (Å²) in [4.78, 5) is 12.8. The SMILES string of the molecule is Cc1ccc(NC(=O)c2ccc(C)c(S(=O)(=O)N3CCCCC3)c2)cc1. The van der Waals surface area contributed by atoms with Gasteiger partial charge < -0.3 is 5.32 Å². The number of sulfonamides is 1. The first kappa shape index (κ1) is 18.6. The number of nitrogens with zero attached hydrogens (tertiary/aromatic N) is 1. The molecule has 1 heterocycles. The van der Waals surface area contributed by atoms with Crippen molar-refractivity contribution in [2.75, 3.05) is 18.4 Å². The van der Waals surface area contributed by atoms with E-state index in [2.05, 4.69) is 5.32 Å². The van der Waals surface area contributed by atoms with Gasteiger partial charge in [0.25, 0.3) is 5.91 Å². The second-order valence-electron chi connectivity index (χ2n) is 6.77. The molecule has 1 N–H and O–H groups in total. The van der Waals surface area contributed by atoms with Crippen molar-refractivity contribution >= 4 is 21.6 Å². The summed E-state index contributed by atoms with van der Waals surface area (Å²) in [6, 6.07) is 12.3. The molecule has 0 bridgehead atoms. The van der Waals surface area contributed by atoms with Gasteiger partial charge in [0.2, 0.25) is 10.0 Å². The molecule has 5 nitrogen and oxygen atoms in total. The lowest BCUT2D eigenvalue weighted by Crippen LogP contribution is -2.36. The third-order valence-corrected chi connectivity index (χ3v) is 6.73. The zero-order valence-electron chi connectivity index (χ0n) is 15.2. The fraction of sp³-hybridized carbons (Fsp3) is 0.350. The minimum absolute atomic E-state index is 0.218. The Labute approximate surface area is 155 Å². The third-order valence-electron chi connectivity index (χ3n) is 4.69. The highest BCUT2D eigenvalue weighted by Crippen LogP contribution is 2.24. The molecule has 6 heteroatoms. The molecule has 0 aliphatic carbocycles. The van der Waals surface area contributed by atoms with Gasteiger partial charge in [-0.25, -0.2) is 8.42 Å². The predicted molar refractivity (Wildman–Crippen MR) is 103 cm³/mol. The van der Waals surface area contributed by atoms with E-state index in [4.69, 9.17) is 0 Å². The molecule has 1 fully saturated rings. The third kappa shape index (κ3) is 3.97. The molecule has 138 valence electrons. The highest BCUT2D eigenvalue weighted by molar-refractivity contribution is 7.89. The van der Waals surface area contributed by atoms with E-state index in [0.717, 1.165) is 24.8 Å². The van der Waals surface area contributed by atoms with Gasteiger partial charge in [-0.05, 0) is 56.5 Å². The largest absolute Gasteiger partial charge is 0.322 e. The molecule has 0 saturated carbocycles. The zero-order chi connectivity index (χ0) is 18.7. The smallest absolute Gasteiger partial charge is 0.255 e. The van der Waals surface area contributed by atoms with Crippen LogP contribution in [0.3, 0.4) is 0 Å². The Hall–Kier alpha value is -2.18. The average Bonchev–Trinajstić information content (AvgIpc) is 2.64. The number of hydrogen-bond acceptors (Lipinski definition) is 3. The van der Waals surface area contributed by atoms with Crippen LogP contribution in [-0.2, 0) is 10.0 Å². The molecule has 0 aromatic heterocycles. The maximum absolute atomic E-state index is 13.0. The lowest BCUT2D eigenvalue weighted by atomic mass is 10.1. The Kier molecular flexibility index (Phi) is 5.44. The van der Waals surface area contributed by atoms with Crippen molar-refractivity contribution in [3.63, 3.8) is 0 Å². The maximum atomic E-state index is 13.0. The topological polar surface area (TPSA) is 66.5 Å². The van der Waals surface area contributed by atoms with Gasteiger partial charge in [0, 0.05) is 24.3 Å². The molecular weight excluding hydrogens is 348 g/mol. The van der Waals surface area contributed by atoms with Gasteiger partial charge in [-0.15, -0.1) is 0 Å². The van der Waals surface area contributed by atoms with Crippen LogP contribution >= 0.6 is 0 Å². The first-order chi connectivity index (χ1) is 12.4. The molecule has 1 aliphatic rings. The highest BCUT2D eigenvalue weighted by atomic mass is 32.2. The van der Waals surface area contributed by atoms with Crippen molar-refractivity contribution in [3.8, 4) is 0 Å². The molecular formula is C20H24N2O3S. The number of piperidine rings is 1. The summed E-state index contributed by atoms with van der Waals surface area (Å²) >= 11 is 0. The molecule has 0 unspecified atom stereocenters. The van der Waals surface area contributed by atoms with E-state index in [0.29, 0.717) is 29.9 Å². The Bertz CT molecular complexity index is 899. The lowest BCUT2D eigenvalue weighted by molar-refractivity contribution is 0.102. The number of anilines is 1. The highest BCUT2D eigenvalue weighted by Gasteiger charge is 2.28. The summed E-state index contributed by atoms with van der Waals surface area (Å²) in [5.74, 6) is -0.316. The number of hydrogen-bond donors (Lipinski definition) is 1. The predicted octanol–water partition coefficient (Wildman–Crippen LogP) is 3.73. The van der Waals surface area contributed by atoms with Crippen LogP contribution in [0.4, 0.5) is 5.69 Å². The van der Waals surface area contributed by atoms with Gasteiger partial charge in [0.05, 0.1) is 4.90 Å². The second kappa shape index (κ2) is 7.60. The summed E-state index contributed by atoms with van der Waals surface area (Å²) < 4.78 is 27.5. The number of amides is 1. The molecule has 1 aliphatic heterocycles. The van der Waals surface area contributed by atoms with E-state index in [1.54, 1.807) is 19.1 Å². The Balaban J connectivity index is 1.87. The van der Waals surface area contributed by atoms with Gasteiger partial charge in [0.1, 0.15) is 0 Å². The van der Waals surface area contributed by atoms with E-state index in [1.165, 1.54) is 10.4 Å². The van der Waals surface area contributed by atoms with Crippen LogP contribution in [-0.4, -0.2) is 31.7 Å². The molecule has 2 aromatic rings. The summed E-state index contributed by atoms with van der Waals surface area (Å²) in [6.45, 7) is 4.82. The van der Waals surface area contributed by atoms with Crippen LogP contribution in [0.5, 0.6) is 0 Å². The van der Waals surface area contributed by atoms with Gasteiger partial charge in [-0.1, -0.05) is 30.2 Å². The molecule has 0 radical (unpaired) electrons. The fourth-order valence-electron chi connectivity index (χ4n) is 3.10. The number of carbonyl (C=O) groups excluding carboxylic acids is 1. The lowest BCUT2D eigenvalue weighted by Gasteiger charge is -2.26. The van der Waals surface area contributed by atoms with Crippen LogP contribution in [0.1, 0.15) is 40.7 Å². The summed E-state index contributed by atoms with van der Waals surface area (Å²) in [5.41, 5.74) is 2.78. The van der Waals surface area contributed by atoms with E-state index >= 15 is 0 Å². The summed E-state index contributed by atoms with van der Waals surface area (Å²) in [6.07, 6.45) is 2.82. The molecule has 26 heavy (non-hydrogen) atoms. The van der Waals surface area contributed by atoms with Crippen molar-refractivity contribution < 1.29 is 13.2 Å². The molecule has 3 rings (SSSR count). The minimum atomic E-state index is -3.57. The first-order valence-electron chi connectivity index (χ1n) is 8.87. The van der Waals surface area contributed by atoms with Gasteiger partial charge >= 0.3 is 0 Å². The maximum Gasteiger partial charge on any atom is 0.255 e. The fourth-order valence-corrected chi connectivity index (χ4v) is 4.87. The molecule has 0 atom stereocenters. The van der Waals surface area contributed by atoms with Crippen molar-refractivity contribution in [3.05, 3.63) is 59.2 Å². The molecule has 1 saturated heterocycles. The quantitative estimate of drug-likeness (QED) is 0.889. The van der Waals surface area contributed by atoms with E-state index < -0.39 is 10.0 Å². The van der Waals surface area contributed by atoms with Crippen LogP contribution in [0, 0.1) is 13.8 Å². The van der Waals surface area contributed by atoms with Gasteiger partial charge in [0.15, 0.2) is 0 Å². The summed E-state index contributed by atoms with van der Waals surface area (Å²) in [5, 5.41) is 2.82. The second-order valence-corrected chi connectivity index (χ2v) is 8.67. The van der Waals surface area contributed by atoms with Gasteiger partial charge in [-0.3, -0.25) is 4.79 Å². The molecule has 0 spiro atoms. The number of carbonyl (C=O) groups is 1. The van der Waals surface area contributed by atoms with Gasteiger partial charge in [-0.2, -0.15) is 4.31 Å². The zero-order valence-corrected chi connectivity index (χ0v) is 16.0. The number of aryl methyl sites for hydroxylation is 2. The van der Waals surface area contributed by atoms with Crippen molar-refractivity contribution in [2.45, 2.75) is 38.0 Å². The first-order valence-corrected chi connectivity index (χ1v) is 10.3. The molecule has 1 amide bonds. The van der Waals surface area contributed by atoms with Crippen molar-refractivity contribution in [1.82, 2.24) is 4.31 Å². The standard InChI is InChI=1S/C20H24N2O3S/c1-15-6-10-18(11-7-15)21-20(23)17-9-8-16(2)19(14-17)26(24,25)22-12-4-3-5-13-22/h6-11,14H,3-5,12-13H2,1-2H3,(H,21,23). The Morgan fingerprint density at radius 2 is 1.62 bits per heavy atom. The number of nitrogens with one attached hydrogen (secondary N) is 1. The number of benzene rings is 2. The van der Waals surface area contributed by atoms with E-state index in [9.17, 15) is 13.2 Å². The van der Waals surface area contributed by atoms with Crippen LogP contribution in [0.15, 0.2) is 47.4 Å². The monoisotopic (exact) mass is 372 g/mol. The van der Waals surface area contributed by atoms with Crippen LogP contribution in [0.25, 0.3) is 0 Å². The Morgan fingerprint density at radius 1 is 0.962 bits per heavy atom. The number of rotatable bonds is 4. The van der Waals surface area contributed by atoms with Crippen molar-refractivity contribution in [2.24, 2.45) is 0 Å². The summed E-state index contributed by atoms with van der Waals surface area (Å²) in [7, 11) is -3.57. The molecule has 2 aromatic carbocycles. The van der Waals surface area contributed by atoms with Crippen molar-refractivity contribution in [1.29, 1.82) is 0 Å². The average molecular weight is 372 g/mol. The van der Waals surface area contributed by atoms with E-state index in [1.807, 2.05) is 31.2 Å². The van der Waals surface area contributed by atoms with Crippen LogP contribution < -0.4 is 5.32 Å². The van der Waals surface area contributed by atoms with Crippen LogP contribution in [0.2, 0.25) is 0 Å². The minimum Gasteiger partial charge on any atom is -0.322 e.